The van der Waals surface area contributed by atoms with Crippen molar-refractivity contribution in [2.45, 2.75) is 39.2 Å². The van der Waals surface area contributed by atoms with Crippen LogP contribution in [0.2, 0.25) is 0 Å². The molecule has 0 aromatic carbocycles. The van der Waals surface area contributed by atoms with Crippen molar-refractivity contribution in [1.29, 1.82) is 0 Å². The molecule has 1 N–H and O–H groups in total. The Morgan fingerprint density at radius 1 is 1.40 bits per heavy atom. The number of hydrogen-bond donors (Lipinski definition) is 1. The minimum Gasteiger partial charge on any atom is -0.393 e. The molecule has 10 heavy (non-hydrogen) atoms. The predicted molar refractivity (Wildman–Crippen MR) is 40.6 cm³/mol. The van der Waals surface area contributed by atoms with Crippen LogP contribution < -0.4 is 0 Å². The lowest BCUT2D eigenvalue weighted by molar-refractivity contribution is 0.114. The van der Waals surface area contributed by atoms with Crippen molar-refractivity contribution in [3.63, 3.8) is 0 Å². The second-order valence-corrected chi connectivity index (χ2v) is 4.63. The summed E-state index contributed by atoms with van der Waals surface area (Å²) in [6.07, 6.45) is 3.82. The van der Waals surface area contributed by atoms with Gasteiger partial charge in [-0.25, -0.2) is 0 Å². The Balaban J connectivity index is 1.89. The SMILES string of the molecule is CC1(C)CC1C(O)C1CC1. The van der Waals surface area contributed by atoms with Crippen molar-refractivity contribution in [1.82, 2.24) is 0 Å². The molecule has 0 spiro atoms. The fourth-order valence-corrected chi connectivity index (χ4v) is 1.86. The van der Waals surface area contributed by atoms with E-state index in [4.69, 9.17) is 0 Å². The molecule has 2 unspecified atom stereocenters. The highest BCUT2D eigenvalue weighted by Gasteiger charge is 2.53. The highest BCUT2D eigenvalue weighted by Crippen LogP contribution is 2.57. The first-order chi connectivity index (χ1) is 4.61. The Morgan fingerprint density at radius 2 is 1.90 bits per heavy atom. The summed E-state index contributed by atoms with van der Waals surface area (Å²) in [5.74, 6) is 1.30. The van der Waals surface area contributed by atoms with Gasteiger partial charge in [0.15, 0.2) is 0 Å². The quantitative estimate of drug-likeness (QED) is 0.620. The van der Waals surface area contributed by atoms with Gasteiger partial charge in [0.1, 0.15) is 0 Å². The van der Waals surface area contributed by atoms with Crippen LogP contribution in [0.5, 0.6) is 0 Å². The standard InChI is InChI=1S/C9H16O/c1-9(2)5-7(9)8(10)6-3-4-6/h6-8,10H,3-5H2,1-2H3. The summed E-state index contributed by atoms with van der Waals surface area (Å²) < 4.78 is 0. The average Bonchev–Trinajstić information content (AvgIpc) is 2.62. The normalized spacial score (nSPS) is 39.3. The molecular formula is C9H16O. The lowest BCUT2D eigenvalue weighted by atomic mass is 10.0. The van der Waals surface area contributed by atoms with E-state index in [9.17, 15) is 5.11 Å². The fraction of sp³-hybridized carbons (Fsp3) is 1.00. The molecule has 1 heteroatoms. The minimum atomic E-state index is 0.0370. The molecule has 2 rings (SSSR count). The van der Waals surface area contributed by atoms with Crippen molar-refractivity contribution in [3.8, 4) is 0 Å². The van der Waals surface area contributed by atoms with Crippen LogP contribution in [-0.4, -0.2) is 11.2 Å². The van der Waals surface area contributed by atoms with Crippen LogP contribution in [0, 0.1) is 17.3 Å². The molecule has 0 heterocycles. The first-order valence-corrected chi connectivity index (χ1v) is 4.29. The molecule has 0 amide bonds. The largest absolute Gasteiger partial charge is 0.393 e. The summed E-state index contributed by atoms with van der Waals surface area (Å²) in [7, 11) is 0. The number of aliphatic hydroxyl groups is 1. The van der Waals surface area contributed by atoms with Gasteiger partial charge in [-0.2, -0.15) is 0 Å². The van der Waals surface area contributed by atoms with Gasteiger partial charge in [0.25, 0.3) is 0 Å². The van der Waals surface area contributed by atoms with Gasteiger partial charge in [0.05, 0.1) is 6.10 Å². The summed E-state index contributed by atoms with van der Waals surface area (Å²) in [5, 5.41) is 9.66. The number of rotatable bonds is 2. The molecule has 2 fully saturated rings. The van der Waals surface area contributed by atoms with E-state index in [0.29, 0.717) is 17.3 Å². The van der Waals surface area contributed by atoms with Crippen molar-refractivity contribution in [2.75, 3.05) is 0 Å². The Hall–Kier alpha value is -0.0400. The van der Waals surface area contributed by atoms with Gasteiger partial charge in [0.2, 0.25) is 0 Å². The van der Waals surface area contributed by atoms with E-state index in [-0.39, 0.29) is 6.10 Å². The molecule has 2 aliphatic rings. The highest BCUT2D eigenvalue weighted by molar-refractivity contribution is 5.03. The van der Waals surface area contributed by atoms with E-state index in [0.717, 1.165) is 0 Å². The molecule has 0 bridgehead atoms. The lowest BCUT2D eigenvalue weighted by Gasteiger charge is -2.09. The van der Waals surface area contributed by atoms with Crippen LogP contribution in [0.3, 0.4) is 0 Å². The second kappa shape index (κ2) is 1.76. The average molecular weight is 140 g/mol. The van der Waals surface area contributed by atoms with Crippen LogP contribution in [0.4, 0.5) is 0 Å². The Bertz CT molecular complexity index is 147. The van der Waals surface area contributed by atoms with Crippen molar-refractivity contribution >= 4 is 0 Å². The summed E-state index contributed by atoms with van der Waals surface area (Å²) >= 11 is 0. The van der Waals surface area contributed by atoms with E-state index < -0.39 is 0 Å². The van der Waals surface area contributed by atoms with E-state index in [2.05, 4.69) is 13.8 Å². The van der Waals surface area contributed by atoms with Crippen molar-refractivity contribution in [3.05, 3.63) is 0 Å². The summed E-state index contributed by atoms with van der Waals surface area (Å²) in [6, 6.07) is 0. The molecule has 2 aliphatic carbocycles. The van der Waals surface area contributed by atoms with Crippen LogP contribution in [0.1, 0.15) is 33.1 Å². The van der Waals surface area contributed by atoms with E-state index >= 15 is 0 Å². The number of aliphatic hydroxyl groups excluding tert-OH is 1. The molecule has 0 saturated heterocycles. The lowest BCUT2D eigenvalue weighted by Crippen LogP contribution is -2.14. The maximum Gasteiger partial charge on any atom is 0.0601 e. The topological polar surface area (TPSA) is 20.2 Å². The van der Waals surface area contributed by atoms with Crippen LogP contribution in [0.25, 0.3) is 0 Å². The monoisotopic (exact) mass is 140 g/mol. The van der Waals surface area contributed by atoms with Gasteiger partial charge in [-0.3, -0.25) is 0 Å². The third kappa shape index (κ3) is 0.968. The van der Waals surface area contributed by atoms with Crippen LogP contribution >= 0.6 is 0 Å². The van der Waals surface area contributed by atoms with Gasteiger partial charge < -0.3 is 5.11 Å². The van der Waals surface area contributed by atoms with Crippen molar-refractivity contribution in [2.24, 2.45) is 17.3 Å². The van der Waals surface area contributed by atoms with Gasteiger partial charge in [-0.1, -0.05) is 13.8 Å². The first-order valence-electron chi connectivity index (χ1n) is 4.29. The van der Waals surface area contributed by atoms with E-state index in [1.807, 2.05) is 0 Å². The maximum absolute atomic E-state index is 9.66. The zero-order chi connectivity index (χ0) is 7.35. The third-order valence-corrected chi connectivity index (χ3v) is 3.11. The first kappa shape index (κ1) is 6.66. The zero-order valence-electron chi connectivity index (χ0n) is 6.80. The van der Waals surface area contributed by atoms with E-state index in [1.165, 1.54) is 19.3 Å². The molecule has 2 atom stereocenters. The Kier molecular flexibility index (Phi) is 1.17. The van der Waals surface area contributed by atoms with Gasteiger partial charge in [-0.05, 0) is 36.5 Å². The summed E-state index contributed by atoms with van der Waals surface area (Å²) in [4.78, 5) is 0. The third-order valence-electron chi connectivity index (χ3n) is 3.11. The summed E-state index contributed by atoms with van der Waals surface area (Å²) in [5.41, 5.74) is 0.460. The second-order valence-electron chi connectivity index (χ2n) is 4.63. The highest BCUT2D eigenvalue weighted by atomic mass is 16.3. The molecule has 0 aliphatic heterocycles. The fourth-order valence-electron chi connectivity index (χ4n) is 1.86. The maximum atomic E-state index is 9.66. The molecule has 2 saturated carbocycles. The molecule has 0 aromatic rings. The predicted octanol–water partition coefficient (Wildman–Crippen LogP) is 1.80. The molecular weight excluding hydrogens is 124 g/mol. The van der Waals surface area contributed by atoms with Gasteiger partial charge in [0, 0.05) is 0 Å². The van der Waals surface area contributed by atoms with Gasteiger partial charge in [-0.15, -0.1) is 0 Å². The van der Waals surface area contributed by atoms with E-state index in [1.54, 1.807) is 0 Å². The summed E-state index contributed by atoms with van der Waals surface area (Å²) in [6.45, 7) is 4.51. The van der Waals surface area contributed by atoms with Crippen LogP contribution in [0.15, 0.2) is 0 Å². The molecule has 1 nitrogen and oxygen atoms in total. The molecule has 0 radical (unpaired) electrons. The Morgan fingerprint density at radius 3 is 2.20 bits per heavy atom. The smallest absolute Gasteiger partial charge is 0.0601 e. The Labute approximate surface area is 62.4 Å². The molecule has 58 valence electrons. The van der Waals surface area contributed by atoms with Crippen molar-refractivity contribution < 1.29 is 5.11 Å². The number of hydrogen-bond acceptors (Lipinski definition) is 1. The molecule has 0 aromatic heterocycles. The zero-order valence-corrected chi connectivity index (χ0v) is 6.80. The van der Waals surface area contributed by atoms with Gasteiger partial charge >= 0.3 is 0 Å². The van der Waals surface area contributed by atoms with Crippen LogP contribution in [-0.2, 0) is 0 Å². The minimum absolute atomic E-state index is 0.0370.